The zero-order valence-electron chi connectivity index (χ0n) is 8.83. The second-order valence-electron chi connectivity index (χ2n) is 3.66. The van der Waals surface area contributed by atoms with Gasteiger partial charge in [-0.2, -0.15) is 0 Å². The Morgan fingerprint density at radius 3 is 2.81 bits per heavy atom. The highest BCUT2D eigenvalue weighted by atomic mass is 79.9. The van der Waals surface area contributed by atoms with Gasteiger partial charge in [0.25, 0.3) is 0 Å². The highest BCUT2D eigenvalue weighted by molar-refractivity contribution is 9.10. The van der Waals surface area contributed by atoms with E-state index in [1.165, 1.54) is 5.41 Å². The minimum Gasteiger partial charge on any atom is -0.319 e. The highest BCUT2D eigenvalue weighted by Crippen LogP contribution is 2.39. The normalized spacial score (nSPS) is 17.0. The fourth-order valence-corrected chi connectivity index (χ4v) is 4.44. The van der Waals surface area contributed by atoms with Crippen molar-refractivity contribution in [1.29, 1.82) is 0 Å². The third kappa shape index (κ3) is 1.95. The Labute approximate surface area is 104 Å². The number of hydrogen-bond donors (Lipinski definition) is 1. The Morgan fingerprint density at radius 1 is 1.38 bits per heavy atom. The van der Waals surface area contributed by atoms with Crippen LogP contribution in [0, 0.1) is 0 Å². The molecule has 1 aliphatic rings. The minimum atomic E-state index is -3.25. The van der Waals surface area contributed by atoms with Crippen molar-refractivity contribution >= 4 is 31.3 Å². The summed E-state index contributed by atoms with van der Waals surface area (Å²) in [6.45, 7) is 0.771. The Bertz CT molecular complexity index is 549. The average Bonchev–Trinajstić information content (AvgIpc) is 2.49. The molecule has 3 nitrogen and oxygen atoms in total. The molecule has 0 saturated heterocycles. The van der Waals surface area contributed by atoms with Crippen LogP contribution in [-0.4, -0.2) is 22.0 Å². The SMILES string of the molecule is CNCCC1=CS(=O)(=O)c2c(Br)cccc21. The lowest BCUT2D eigenvalue weighted by atomic mass is 10.1. The largest absolute Gasteiger partial charge is 0.319 e. The fraction of sp³-hybridized carbons (Fsp3) is 0.273. The average molecular weight is 302 g/mol. The summed E-state index contributed by atoms with van der Waals surface area (Å²) < 4.78 is 24.5. The number of fused-ring (bicyclic) bond motifs is 1. The minimum absolute atomic E-state index is 0.404. The van der Waals surface area contributed by atoms with E-state index in [9.17, 15) is 8.42 Å². The first-order valence-corrected chi connectivity index (χ1v) is 7.29. The van der Waals surface area contributed by atoms with Gasteiger partial charge >= 0.3 is 0 Å². The first-order chi connectivity index (χ1) is 7.56. The molecule has 86 valence electrons. The lowest BCUT2D eigenvalue weighted by molar-refractivity contribution is 0.605. The smallest absolute Gasteiger partial charge is 0.201 e. The van der Waals surface area contributed by atoms with Crippen molar-refractivity contribution in [2.45, 2.75) is 11.3 Å². The van der Waals surface area contributed by atoms with Gasteiger partial charge in [-0.1, -0.05) is 12.1 Å². The summed E-state index contributed by atoms with van der Waals surface area (Å²) in [4.78, 5) is 0.404. The molecule has 1 heterocycles. The summed E-state index contributed by atoms with van der Waals surface area (Å²) in [7, 11) is -1.40. The van der Waals surface area contributed by atoms with E-state index in [0.717, 1.165) is 24.1 Å². The van der Waals surface area contributed by atoms with Crippen LogP contribution in [0.5, 0.6) is 0 Å². The van der Waals surface area contributed by atoms with Crippen molar-refractivity contribution in [3.63, 3.8) is 0 Å². The van der Waals surface area contributed by atoms with E-state index in [2.05, 4.69) is 21.2 Å². The van der Waals surface area contributed by atoms with Crippen LogP contribution in [-0.2, 0) is 9.84 Å². The number of halogens is 1. The zero-order chi connectivity index (χ0) is 11.8. The number of hydrogen-bond acceptors (Lipinski definition) is 3. The van der Waals surface area contributed by atoms with Crippen molar-refractivity contribution in [2.24, 2.45) is 0 Å². The molecule has 0 spiro atoms. The standard InChI is InChI=1S/C11H12BrNO2S/c1-13-6-5-8-7-16(14,15)11-9(8)3-2-4-10(11)12/h2-4,7,13H,5-6H2,1H3. The Balaban J connectivity index is 2.52. The summed E-state index contributed by atoms with van der Waals surface area (Å²) >= 11 is 3.29. The second kappa shape index (κ2) is 4.31. The highest BCUT2D eigenvalue weighted by Gasteiger charge is 2.28. The van der Waals surface area contributed by atoms with Crippen molar-refractivity contribution in [2.75, 3.05) is 13.6 Å². The molecule has 0 amide bonds. The Kier molecular flexibility index (Phi) is 3.19. The lowest BCUT2D eigenvalue weighted by Gasteiger charge is -2.05. The van der Waals surface area contributed by atoms with Crippen molar-refractivity contribution < 1.29 is 8.42 Å². The molecule has 1 aliphatic heterocycles. The maximum Gasteiger partial charge on any atom is 0.201 e. The van der Waals surface area contributed by atoms with Crippen molar-refractivity contribution in [3.05, 3.63) is 33.6 Å². The predicted molar refractivity (Wildman–Crippen MR) is 67.8 cm³/mol. The van der Waals surface area contributed by atoms with Gasteiger partial charge in [-0.3, -0.25) is 0 Å². The molecule has 0 aromatic heterocycles. The molecule has 0 saturated carbocycles. The summed E-state index contributed by atoms with van der Waals surface area (Å²) in [5, 5.41) is 4.39. The molecule has 1 aromatic rings. The molecule has 0 bridgehead atoms. The third-order valence-corrected chi connectivity index (χ3v) is 5.07. The van der Waals surface area contributed by atoms with E-state index in [1.807, 2.05) is 19.2 Å². The van der Waals surface area contributed by atoms with Crippen LogP contribution in [0.15, 0.2) is 33.0 Å². The molecule has 2 rings (SSSR count). The molecule has 0 atom stereocenters. The van der Waals surface area contributed by atoms with E-state index in [-0.39, 0.29) is 0 Å². The van der Waals surface area contributed by atoms with Gasteiger partial charge in [0.15, 0.2) is 0 Å². The van der Waals surface area contributed by atoms with Crippen LogP contribution in [0.4, 0.5) is 0 Å². The molecular formula is C11H12BrNO2S. The van der Waals surface area contributed by atoms with E-state index in [4.69, 9.17) is 0 Å². The van der Waals surface area contributed by atoms with Gasteiger partial charge in [0, 0.05) is 9.88 Å². The number of sulfone groups is 1. The molecule has 0 fully saturated rings. The number of rotatable bonds is 3. The fourth-order valence-electron chi connectivity index (χ4n) is 1.81. The molecule has 0 aliphatic carbocycles. The van der Waals surface area contributed by atoms with Crippen molar-refractivity contribution in [1.82, 2.24) is 5.32 Å². The van der Waals surface area contributed by atoms with Gasteiger partial charge in [-0.25, -0.2) is 8.42 Å². The second-order valence-corrected chi connectivity index (χ2v) is 6.25. The maximum absolute atomic E-state index is 11.9. The number of benzene rings is 1. The van der Waals surface area contributed by atoms with Crippen LogP contribution in [0.3, 0.4) is 0 Å². The Hall–Kier alpha value is -0.650. The quantitative estimate of drug-likeness (QED) is 0.931. The maximum atomic E-state index is 11.9. The molecule has 0 radical (unpaired) electrons. The zero-order valence-corrected chi connectivity index (χ0v) is 11.2. The van der Waals surface area contributed by atoms with Gasteiger partial charge in [0.2, 0.25) is 9.84 Å². The first kappa shape index (κ1) is 11.8. The lowest BCUT2D eigenvalue weighted by Crippen LogP contribution is -2.07. The summed E-state index contributed by atoms with van der Waals surface area (Å²) in [5.41, 5.74) is 1.70. The third-order valence-electron chi connectivity index (χ3n) is 2.54. The monoisotopic (exact) mass is 301 g/mol. The van der Waals surface area contributed by atoms with Gasteiger partial charge in [0.05, 0.1) is 4.90 Å². The van der Waals surface area contributed by atoms with Gasteiger partial charge in [-0.15, -0.1) is 0 Å². The van der Waals surface area contributed by atoms with Crippen LogP contribution in [0.2, 0.25) is 0 Å². The number of nitrogens with one attached hydrogen (secondary N) is 1. The Morgan fingerprint density at radius 2 is 2.12 bits per heavy atom. The summed E-state index contributed by atoms with van der Waals surface area (Å²) in [6.07, 6.45) is 0.721. The van der Waals surface area contributed by atoms with E-state index >= 15 is 0 Å². The van der Waals surface area contributed by atoms with Crippen LogP contribution >= 0.6 is 15.9 Å². The van der Waals surface area contributed by atoms with Gasteiger partial charge in [-0.05, 0) is 53.1 Å². The summed E-state index contributed by atoms with van der Waals surface area (Å²) in [5.74, 6) is 0. The van der Waals surface area contributed by atoms with Gasteiger partial charge < -0.3 is 5.32 Å². The molecule has 1 aromatic carbocycles. The van der Waals surface area contributed by atoms with Gasteiger partial charge in [0.1, 0.15) is 0 Å². The van der Waals surface area contributed by atoms with Crippen LogP contribution < -0.4 is 5.32 Å². The molecule has 1 N–H and O–H groups in total. The summed E-state index contributed by atoms with van der Waals surface area (Å²) in [6, 6.07) is 5.47. The van der Waals surface area contributed by atoms with E-state index < -0.39 is 9.84 Å². The molecule has 0 unspecified atom stereocenters. The molecular weight excluding hydrogens is 290 g/mol. The van der Waals surface area contributed by atoms with E-state index in [1.54, 1.807) is 6.07 Å². The van der Waals surface area contributed by atoms with E-state index in [0.29, 0.717) is 9.37 Å². The molecule has 5 heteroatoms. The topological polar surface area (TPSA) is 46.2 Å². The molecule has 16 heavy (non-hydrogen) atoms. The van der Waals surface area contributed by atoms with Crippen LogP contribution in [0.25, 0.3) is 5.57 Å². The predicted octanol–water partition coefficient (Wildman–Crippen LogP) is 2.19. The first-order valence-electron chi connectivity index (χ1n) is 4.95. The van der Waals surface area contributed by atoms with Crippen LogP contribution in [0.1, 0.15) is 12.0 Å². The van der Waals surface area contributed by atoms with Crippen molar-refractivity contribution in [3.8, 4) is 0 Å².